The Morgan fingerprint density at radius 1 is 0.246 bits per heavy atom. The standard InChI is InChI=1S/C54H34N2S/c1-3-11-35(12-4-1)36-19-25-42(26-20-36)56-49-17-9-7-15-43(49)46-31-37(22-28-50(46)56)38-23-29-51-47(32-38)48-33-39(24-30-52(48)55(51)41-13-5-2-6-14-41)40-21-27-45-44-16-8-10-18-53(44)57-54(45)34-40/h1-34H. The predicted molar refractivity (Wildman–Crippen MR) is 244 cm³/mol. The molecule has 0 amide bonds. The lowest BCUT2D eigenvalue weighted by Crippen LogP contribution is -1.94. The molecule has 0 fully saturated rings. The highest BCUT2D eigenvalue weighted by Crippen LogP contribution is 2.41. The molecule has 0 spiro atoms. The highest BCUT2D eigenvalue weighted by Gasteiger charge is 2.17. The van der Waals surface area contributed by atoms with Gasteiger partial charge in [-0.2, -0.15) is 0 Å². The van der Waals surface area contributed by atoms with Crippen molar-refractivity contribution in [3.8, 4) is 44.8 Å². The van der Waals surface area contributed by atoms with Crippen molar-refractivity contribution in [2.24, 2.45) is 0 Å². The first-order chi connectivity index (χ1) is 28.2. The van der Waals surface area contributed by atoms with E-state index in [0.717, 1.165) is 11.4 Å². The summed E-state index contributed by atoms with van der Waals surface area (Å²) in [5, 5.41) is 7.66. The molecule has 0 atom stereocenters. The molecular weight excluding hydrogens is 709 g/mol. The second kappa shape index (κ2) is 12.7. The molecule has 12 aromatic rings. The summed E-state index contributed by atoms with van der Waals surface area (Å²) in [5.41, 5.74) is 14.5. The van der Waals surface area contributed by atoms with Crippen LogP contribution in [0.2, 0.25) is 0 Å². The van der Waals surface area contributed by atoms with Crippen molar-refractivity contribution in [2.45, 2.75) is 0 Å². The van der Waals surface area contributed by atoms with Gasteiger partial charge in [0.15, 0.2) is 0 Å². The smallest absolute Gasteiger partial charge is 0.0541 e. The Morgan fingerprint density at radius 3 is 1.32 bits per heavy atom. The first-order valence-corrected chi connectivity index (χ1v) is 20.3. The minimum atomic E-state index is 1.16. The molecule has 2 nitrogen and oxygen atoms in total. The lowest BCUT2D eigenvalue weighted by Gasteiger charge is -2.10. The van der Waals surface area contributed by atoms with Crippen molar-refractivity contribution in [3.05, 3.63) is 206 Å². The molecule has 0 aliphatic carbocycles. The maximum absolute atomic E-state index is 2.41. The number of para-hydroxylation sites is 2. The van der Waals surface area contributed by atoms with Gasteiger partial charge in [-0.25, -0.2) is 0 Å². The van der Waals surface area contributed by atoms with Gasteiger partial charge in [-0.1, -0.05) is 127 Å². The molecular formula is C54H34N2S. The second-order valence-electron chi connectivity index (χ2n) is 14.9. The van der Waals surface area contributed by atoms with Crippen LogP contribution < -0.4 is 0 Å². The fraction of sp³-hybridized carbons (Fsp3) is 0. The zero-order chi connectivity index (χ0) is 37.5. The Hall–Kier alpha value is -7.20. The maximum Gasteiger partial charge on any atom is 0.0541 e. The van der Waals surface area contributed by atoms with Gasteiger partial charge in [-0.3, -0.25) is 0 Å². The summed E-state index contributed by atoms with van der Waals surface area (Å²) < 4.78 is 7.47. The highest BCUT2D eigenvalue weighted by molar-refractivity contribution is 7.25. The van der Waals surface area contributed by atoms with Crippen LogP contribution in [0.3, 0.4) is 0 Å². The Balaban J connectivity index is 1.01. The molecule has 0 saturated carbocycles. The van der Waals surface area contributed by atoms with Gasteiger partial charge in [0, 0.05) is 53.1 Å². The summed E-state index contributed by atoms with van der Waals surface area (Å²) in [7, 11) is 0. The van der Waals surface area contributed by atoms with Crippen molar-refractivity contribution < 1.29 is 0 Å². The topological polar surface area (TPSA) is 9.86 Å². The number of hydrogen-bond donors (Lipinski definition) is 0. The summed E-state index contributed by atoms with van der Waals surface area (Å²) in [6.07, 6.45) is 0. The van der Waals surface area contributed by atoms with E-state index in [0.29, 0.717) is 0 Å². The lowest BCUT2D eigenvalue weighted by atomic mass is 9.99. The summed E-state index contributed by atoms with van der Waals surface area (Å²) in [6.45, 7) is 0. The van der Waals surface area contributed by atoms with Crippen LogP contribution in [0.25, 0.3) is 109 Å². The molecule has 266 valence electrons. The monoisotopic (exact) mass is 742 g/mol. The Bertz CT molecular complexity index is 3490. The van der Waals surface area contributed by atoms with E-state index in [1.54, 1.807) is 0 Å². The average molecular weight is 743 g/mol. The largest absolute Gasteiger partial charge is 0.309 e. The summed E-state index contributed by atoms with van der Waals surface area (Å²) in [4.78, 5) is 0. The molecule has 0 radical (unpaired) electrons. The number of hydrogen-bond acceptors (Lipinski definition) is 1. The molecule has 0 saturated heterocycles. The van der Waals surface area contributed by atoms with E-state index in [4.69, 9.17) is 0 Å². The number of nitrogens with zero attached hydrogens (tertiary/aromatic N) is 2. The van der Waals surface area contributed by atoms with Crippen LogP contribution in [0.1, 0.15) is 0 Å². The zero-order valence-electron chi connectivity index (χ0n) is 30.9. The molecule has 0 bridgehead atoms. The molecule has 0 aliphatic rings. The van der Waals surface area contributed by atoms with Crippen molar-refractivity contribution >= 4 is 75.1 Å². The minimum Gasteiger partial charge on any atom is -0.309 e. The van der Waals surface area contributed by atoms with Gasteiger partial charge in [0.05, 0.1) is 22.1 Å². The van der Waals surface area contributed by atoms with Crippen molar-refractivity contribution in [1.82, 2.24) is 9.13 Å². The number of fused-ring (bicyclic) bond motifs is 9. The SMILES string of the molecule is c1ccc(-c2ccc(-n3c4ccccc4c4cc(-c5ccc6c(c5)c5cc(-c7ccc8c(c7)sc7ccccc78)ccc5n6-c5ccccc5)ccc43)cc2)cc1. The summed E-state index contributed by atoms with van der Waals surface area (Å²) >= 11 is 1.87. The molecule has 9 aromatic carbocycles. The number of rotatable bonds is 5. The van der Waals surface area contributed by atoms with E-state index in [9.17, 15) is 0 Å². The van der Waals surface area contributed by atoms with E-state index < -0.39 is 0 Å². The first-order valence-electron chi connectivity index (χ1n) is 19.5. The Labute approximate surface area is 333 Å². The second-order valence-corrected chi connectivity index (χ2v) is 16.0. The van der Waals surface area contributed by atoms with Crippen molar-refractivity contribution in [2.75, 3.05) is 0 Å². The summed E-state index contributed by atoms with van der Waals surface area (Å²) in [6, 6.07) is 75.7. The van der Waals surface area contributed by atoms with Crippen LogP contribution >= 0.6 is 11.3 Å². The summed E-state index contributed by atoms with van der Waals surface area (Å²) in [5.74, 6) is 0. The fourth-order valence-electron chi connectivity index (χ4n) is 9.01. The third-order valence-electron chi connectivity index (χ3n) is 11.7. The van der Waals surface area contributed by atoms with Gasteiger partial charge < -0.3 is 9.13 Å². The normalized spacial score (nSPS) is 11.9. The zero-order valence-corrected chi connectivity index (χ0v) is 31.7. The molecule has 0 unspecified atom stereocenters. The van der Waals surface area contributed by atoms with E-state index in [2.05, 4.69) is 215 Å². The molecule has 12 rings (SSSR count). The van der Waals surface area contributed by atoms with Crippen LogP contribution in [-0.4, -0.2) is 9.13 Å². The molecule has 57 heavy (non-hydrogen) atoms. The van der Waals surface area contributed by atoms with Crippen LogP contribution in [0.5, 0.6) is 0 Å². The molecule has 0 aliphatic heterocycles. The third kappa shape index (κ3) is 5.10. The van der Waals surface area contributed by atoms with Crippen LogP contribution in [0, 0.1) is 0 Å². The molecule has 3 aromatic heterocycles. The average Bonchev–Trinajstić information content (AvgIpc) is 3.93. The van der Waals surface area contributed by atoms with E-state index in [1.807, 2.05) is 11.3 Å². The number of aromatic nitrogens is 2. The van der Waals surface area contributed by atoms with Crippen LogP contribution in [0.4, 0.5) is 0 Å². The lowest BCUT2D eigenvalue weighted by molar-refractivity contribution is 1.18. The van der Waals surface area contributed by atoms with Crippen LogP contribution in [-0.2, 0) is 0 Å². The first kappa shape index (κ1) is 32.1. The highest BCUT2D eigenvalue weighted by atomic mass is 32.1. The van der Waals surface area contributed by atoms with Crippen molar-refractivity contribution in [1.29, 1.82) is 0 Å². The van der Waals surface area contributed by atoms with Gasteiger partial charge in [-0.05, 0) is 112 Å². The third-order valence-corrected chi connectivity index (χ3v) is 12.9. The minimum absolute atomic E-state index is 1.16. The Kier molecular flexibility index (Phi) is 7.13. The van der Waals surface area contributed by atoms with Gasteiger partial charge in [-0.15, -0.1) is 11.3 Å². The molecule has 0 N–H and O–H groups in total. The van der Waals surface area contributed by atoms with Gasteiger partial charge in [0.25, 0.3) is 0 Å². The van der Waals surface area contributed by atoms with E-state index >= 15 is 0 Å². The van der Waals surface area contributed by atoms with Crippen molar-refractivity contribution in [3.63, 3.8) is 0 Å². The van der Waals surface area contributed by atoms with Crippen LogP contribution in [0.15, 0.2) is 206 Å². The molecule has 3 heteroatoms. The van der Waals surface area contributed by atoms with Gasteiger partial charge >= 0.3 is 0 Å². The Morgan fingerprint density at radius 2 is 0.667 bits per heavy atom. The fourth-order valence-corrected chi connectivity index (χ4v) is 10.2. The predicted octanol–water partition coefficient (Wildman–Crippen LogP) is 15.2. The maximum atomic E-state index is 2.41. The number of benzene rings is 9. The molecule has 3 heterocycles. The van der Waals surface area contributed by atoms with E-state index in [1.165, 1.54) is 97.2 Å². The van der Waals surface area contributed by atoms with Gasteiger partial charge in [0.1, 0.15) is 0 Å². The van der Waals surface area contributed by atoms with Gasteiger partial charge in [0.2, 0.25) is 0 Å². The van der Waals surface area contributed by atoms with E-state index in [-0.39, 0.29) is 0 Å². The number of thiophene rings is 1. The quantitative estimate of drug-likeness (QED) is 0.166.